The SMILES string of the molecule is CCOC(=O)Cn1c(C)c(CC(N)C(=O)OCC)c2ccccc21. The van der Waals surface area contributed by atoms with E-state index in [-0.39, 0.29) is 12.5 Å². The third-order valence-electron chi connectivity index (χ3n) is 3.97. The summed E-state index contributed by atoms with van der Waals surface area (Å²) in [6.07, 6.45) is 0.362. The standard InChI is InChI=1S/C18H24N2O4/c1-4-23-17(21)11-20-12(3)14(10-15(19)18(22)24-5-2)13-8-6-7-9-16(13)20/h6-9,15H,4-5,10-11,19H2,1-3H3. The molecular weight excluding hydrogens is 308 g/mol. The molecule has 0 fully saturated rings. The fraction of sp³-hybridized carbons (Fsp3) is 0.444. The Bertz CT molecular complexity index is 736. The lowest BCUT2D eigenvalue weighted by molar-refractivity contribution is -0.145. The number of fused-ring (bicyclic) bond motifs is 1. The maximum absolute atomic E-state index is 11.9. The Balaban J connectivity index is 2.38. The highest BCUT2D eigenvalue weighted by molar-refractivity contribution is 5.88. The van der Waals surface area contributed by atoms with Gasteiger partial charge in [0.2, 0.25) is 0 Å². The predicted octanol–water partition coefficient (Wildman–Crippen LogP) is 1.95. The van der Waals surface area contributed by atoms with Crippen molar-refractivity contribution in [1.82, 2.24) is 4.57 Å². The zero-order chi connectivity index (χ0) is 17.7. The first-order chi connectivity index (χ1) is 11.5. The Morgan fingerprint density at radius 3 is 2.50 bits per heavy atom. The van der Waals surface area contributed by atoms with Gasteiger partial charge in [-0.25, -0.2) is 0 Å². The number of esters is 2. The van der Waals surface area contributed by atoms with Crippen LogP contribution in [0.15, 0.2) is 24.3 Å². The van der Waals surface area contributed by atoms with E-state index in [1.807, 2.05) is 35.8 Å². The van der Waals surface area contributed by atoms with Crippen molar-refractivity contribution in [3.63, 3.8) is 0 Å². The lowest BCUT2D eigenvalue weighted by Gasteiger charge is -2.11. The number of aromatic nitrogens is 1. The molecule has 0 aliphatic heterocycles. The summed E-state index contributed by atoms with van der Waals surface area (Å²) in [5.74, 6) is -0.707. The second-order valence-electron chi connectivity index (χ2n) is 5.53. The van der Waals surface area contributed by atoms with Crippen LogP contribution in [0, 0.1) is 6.92 Å². The lowest BCUT2D eigenvalue weighted by atomic mass is 10.0. The summed E-state index contributed by atoms with van der Waals surface area (Å²) in [4.78, 5) is 23.7. The molecule has 1 unspecified atom stereocenters. The van der Waals surface area contributed by atoms with Gasteiger partial charge in [0.1, 0.15) is 12.6 Å². The molecule has 0 spiro atoms. The van der Waals surface area contributed by atoms with Crippen molar-refractivity contribution in [2.45, 2.75) is 39.8 Å². The summed E-state index contributed by atoms with van der Waals surface area (Å²) in [5, 5.41) is 0.985. The van der Waals surface area contributed by atoms with Crippen LogP contribution in [0.1, 0.15) is 25.1 Å². The molecule has 0 radical (unpaired) electrons. The first-order valence-corrected chi connectivity index (χ1v) is 8.14. The van der Waals surface area contributed by atoms with E-state index in [2.05, 4.69) is 0 Å². The van der Waals surface area contributed by atoms with Gasteiger partial charge in [0.05, 0.1) is 13.2 Å². The van der Waals surface area contributed by atoms with Gasteiger partial charge in [-0.1, -0.05) is 18.2 Å². The summed E-state index contributed by atoms with van der Waals surface area (Å²) in [5.41, 5.74) is 8.76. The Hall–Kier alpha value is -2.34. The number of nitrogens with two attached hydrogens (primary N) is 1. The Labute approximate surface area is 141 Å². The first-order valence-electron chi connectivity index (χ1n) is 8.14. The Morgan fingerprint density at radius 2 is 1.83 bits per heavy atom. The molecule has 0 saturated heterocycles. The smallest absolute Gasteiger partial charge is 0.325 e. The maximum Gasteiger partial charge on any atom is 0.325 e. The fourth-order valence-corrected chi connectivity index (χ4v) is 2.85. The molecule has 1 atom stereocenters. The Kier molecular flexibility index (Phi) is 5.98. The molecule has 0 saturated carbocycles. The van der Waals surface area contributed by atoms with Crippen LogP contribution in [0.4, 0.5) is 0 Å². The number of carbonyl (C=O) groups excluding carboxylic acids is 2. The van der Waals surface area contributed by atoms with Gasteiger partial charge in [0, 0.05) is 23.0 Å². The minimum Gasteiger partial charge on any atom is -0.465 e. The van der Waals surface area contributed by atoms with Gasteiger partial charge in [-0.2, -0.15) is 0 Å². The van der Waals surface area contributed by atoms with Crippen LogP contribution in [0.2, 0.25) is 0 Å². The highest BCUT2D eigenvalue weighted by atomic mass is 16.5. The summed E-state index contributed by atoms with van der Waals surface area (Å²) in [6.45, 7) is 6.23. The number of hydrogen-bond donors (Lipinski definition) is 1. The lowest BCUT2D eigenvalue weighted by Crippen LogP contribution is -2.34. The van der Waals surface area contributed by atoms with Crippen LogP contribution in [-0.4, -0.2) is 35.8 Å². The van der Waals surface area contributed by atoms with Crippen molar-refractivity contribution in [3.05, 3.63) is 35.5 Å². The molecule has 2 rings (SSSR count). The maximum atomic E-state index is 11.9. The minimum atomic E-state index is -0.731. The van der Waals surface area contributed by atoms with Crippen molar-refractivity contribution in [1.29, 1.82) is 0 Å². The van der Waals surface area contributed by atoms with E-state index in [0.717, 1.165) is 22.2 Å². The molecule has 0 amide bonds. The monoisotopic (exact) mass is 332 g/mol. The van der Waals surface area contributed by atoms with Crippen molar-refractivity contribution in [3.8, 4) is 0 Å². The molecule has 1 aromatic carbocycles. The number of para-hydroxylation sites is 1. The average molecular weight is 332 g/mol. The number of nitrogens with zero attached hydrogens (tertiary/aromatic N) is 1. The summed E-state index contributed by atoms with van der Waals surface area (Å²) in [7, 11) is 0. The molecule has 130 valence electrons. The predicted molar refractivity (Wildman–Crippen MR) is 91.6 cm³/mol. The van der Waals surface area contributed by atoms with Crippen LogP contribution in [0.3, 0.4) is 0 Å². The third-order valence-corrected chi connectivity index (χ3v) is 3.97. The summed E-state index contributed by atoms with van der Waals surface area (Å²) < 4.78 is 11.9. The van der Waals surface area contributed by atoms with E-state index in [0.29, 0.717) is 19.6 Å². The number of carbonyl (C=O) groups is 2. The topological polar surface area (TPSA) is 83.5 Å². The van der Waals surface area contributed by atoms with E-state index in [1.165, 1.54) is 0 Å². The molecule has 0 aliphatic carbocycles. The van der Waals surface area contributed by atoms with Crippen molar-refractivity contribution < 1.29 is 19.1 Å². The molecule has 0 bridgehead atoms. The van der Waals surface area contributed by atoms with Gasteiger partial charge in [-0.15, -0.1) is 0 Å². The molecule has 24 heavy (non-hydrogen) atoms. The van der Waals surface area contributed by atoms with Crippen LogP contribution in [0.25, 0.3) is 10.9 Å². The molecular formula is C18H24N2O4. The number of benzene rings is 1. The van der Waals surface area contributed by atoms with E-state index >= 15 is 0 Å². The largest absolute Gasteiger partial charge is 0.465 e. The minimum absolute atomic E-state index is 0.134. The molecule has 1 heterocycles. The average Bonchev–Trinajstić information content (AvgIpc) is 2.81. The quantitative estimate of drug-likeness (QED) is 0.784. The molecule has 6 nitrogen and oxygen atoms in total. The van der Waals surface area contributed by atoms with Crippen LogP contribution in [0.5, 0.6) is 0 Å². The molecule has 1 aromatic heterocycles. The molecule has 0 aliphatic rings. The summed E-state index contributed by atoms with van der Waals surface area (Å²) in [6, 6.07) is 7.03. The third kappa shape index (κ3) is 3.76. The van der Waals surface area contributed by atoms with Crippen LogP contribution >= 0.6 is 0 Å². The fourth-order valence-electron chi connectivity index (χ4n) is 2.85. The molecule has 2 aromatic rings. The highest BCUT2D eigenvalue weighted by Gasteiger charge is 2.22. The number of ether oxygens (including phenoxy) is 2. The van der Waals surface area contributed by atoms with E-state index in [9.17, 15) is 9.59 Å². The van der Waals surface area contributed by atoms with Gasteiger partial charge in [0.15, 0.2) is 0 Å². The van der Waals surface area contributed by atoms with E-state index < -0.39 is 12.0 Å². The zero-order valence-corrected chi connectivity index (χ0v) is 14.4. The number of rotatable bonds is 7. The zero-order valence-electron chi connectivity index (χ0n) is 14.4. The van der Waals surface area contributed by atoms with Crippen molar-refractivity contribution in [2.24, 2.45) is 5.73 Å². The van der Waals surface area contributed by atoms with E-state index in [4.69, 9.17) is 15.2 Å². The highest BCUT2D eigenvalue weighted by Crippen LogP contribution is 2.27. The second-order valence-corrected chi connectivity index (χ2v) is 5.53. The van der Waals surface area contributed by atoms with Gasteiger partial charge < -0.3 is 19.8 Å². The van der Waals surface area contributed by atoms with Crippen molar-refractivity contribution in [2.75, 3.05) is 13.2 Å². The van der Waals surface area contributed by atoms with Crippen LogP contribution in [-0.2, 0) is 32.0 Å². The van der Waals surface area contributed by atoms with Crippen LogP contribution < -0.4 is 5.73 Å². The van der Waals surface area contributed by atoms with Gasteiger partial charge in [-0.05, 0) is 32.4 Å². The van der Waals surface area contributed by atoms with Gasteiger partial charge in [0.25, 0.3) is 0 Å². The van der Waals surface area contributed by atoms with Crippen molar-refractivity contribution >= 4 is 22.8 Å². The first kappa shape index (κ1) is 18.0. The Morgan fingerprint density at radius 1 is 1.17 bits per heavy atom. The molecule has 2 N–H and O–H groups in total. The molecule has 6 heteroatoms. The van der Waals surface area contributed by atoms with Gasteiger partial charge >= 0.3 is 11.9 Å². The second kappa shape index (κ2) is 7.97. The number of hydrogen-bond acceptors (Lipinski definition) is 5. The summed E-state index contributed by atoms with van der Waals surface area (Å²) >= 11 is 0. The van der Waals surface area contributed by atoms with Gasteiger partial charge in [-0.3, -0.25) is 9.59 Å². The van der Waals surface area contributed by atoms with E-state index in [1.54, 1.807) is 13.8 Å². The normalized spacial score (nSPS) is 12.2.